The van der Waals surface area contributed by atoms with E-state index in [-0.39, 0.29) is 17.5 Å². The SMILES string of the molecule is COc1ccc(CN2C[C@H]3C[C@@H](C2)[C@H](CNC(C)=O)n2c3cccc2=O)cn1. The number of carbonyl (C=O) groups excluding carboxylic acids is 1. The fourth-order valence-corrected chi connectivity index (χ4v) is 4.66. The Morgan fingerprint density at radius 2 is 2.14 bits per heavy atom. The Kier molecular flexibility index (Phi) is 5.17. The summed E-state index contributed by atoms with van der Waals surface area (Å²) in [6.45, 7) is 4.63. The summed E-state index contributed by atoms with van der Waals surface area (Å²) < 4.78 is 7.06. The lowest BCUT2D eigenvalue weighted by molar-refractivity contribution is -0.119. The number of nitrogens with one attached hydrogen (secondary N) is 1. The van der Waals surface area contributed by atoms with E-state index in [0.29, 0.717) is 24.3 Å². The molecule has 0 aromatic carbocycles. The van der Waals surface area contributed by atoms with Gasteiger partial charge in [0.1, 0.15) is 0 Å². The third-order valence-electron chi connectivity index (χ3n) is 5.85. The number of rotatable bonds is 5. The summed E-state index contributed by atoms with van der Waals surface area (Å²) in [5.41, 5.74) is 2.25. The fourth-order valence-electron chi connectivity index (χ4n) is 4.66. The summed E-state index contributed by atoms with van der Waals surface area (Å²) >= 11 is 0. The molecule has 4 rings (SSSR count). The van der Waals surface area contributed by atoms with Crippen molar-refractivity contribution in [3.8, 4) is 5.88 Å². The molecule has 1 fully saturated rings. The van der Waals surface area contributed by atoms with Gasteiger partial charge < -0.3 is 14.6 Å². The Morgan fingerprint density at radius 1 is 1.29 bits per heavy atom. The van der Waals surface area contributed by atoms with Gasteiger partial charge in [0.05, 0.1) is 13.2 Å². The molecule has 0 spiro atoms. The van der Waals surface area contributed by atoms with E-state index in [0.717, 1.165) is 37.3 Å². The van der Waals surface area contributed by atoms with Crippen molar-refractivity contribution in [1.29, 1.82) is 0 Å². The molecule has 1 amide bonds. The van der Waals surface area contributed by atoms with Crippen molar-refractivity contribution in [3.63, 3.8) is 0 Å². The highest BCUT2D eigenvalue weighted by Crippen LogP contribution is 2.41. The first kappa shape index (κ1) is 18.7. The molecule has 3 atom stereocenters. The van der Waals surface area contributed by atoms with Gasteiger partial charge in [0, 0.05) is 63.0 Å². The van der Waals surface area contributed by atoms with Crippen molar-refractivity contribution in [1.82, 2.24) is 19.8 Å². The van der Waals surface area contributed by atoms with Gasteiger partial charge in [-0.25, -0.2) is 4.98 Å². The molecule has 2 aromatic rings. The van der Waals surface area contributed by atoms with Crippen molar-refractivity contribution < 1.29 is 9.53 Å². The minimum atomic E-state index is -0.0652. The van der Waals surface area contributed by atoms with Crippen LogP contribution in [0.5, 0.6) is 5.88 Å². The van der Waals surface area contributed by atoms with Crippen LogP contribution in [0.3, 0.4) is 0 Å². The quantitative estimate of drug-likeness (QED) is 0.849. The molecular weight excluding hydrogens is 356 g/mol. The fraction of sp³-hybridized carbons (Fsp3) is 0.476. The van der Waals surface area contributed by atoms with Gasteiger partial charge in [-0.05, 0) is 24.0 Å². The first-order valence-corrected chi connectivity index (χ1v) is 9.72. The van der Waals surface area contributed by atoms with Crippen LogP contribution < -0.4 is 15.6 Å². The summed E-state index contributed by atoms with van der Waals surface area (Å²) in [7, 11) is 1.61. The van der Waals surface area contributed by atoms with E-state index in [1.807, 2.05) is 29.0 Å². The molecule has 2 aliphatic heterocycles. The molecule has 0 unspecified atom stereocenters. The van der Waals surface area contributed by atoms with Crippen LogP contribution in [0.15, 0.2) is 41.3 Å². The van der Waals surface area contributed by atoms with Gasteiger partial charge in [-0.2, -0.15) is 0 Å². The zero-order valence-corrected chi connectivity index (χ0v) is 16.3. The van der Waals surface area contributed by atoms with Gasteiger partial charge in [-0.15, -0.1) is 0 Å². The smallest absolute Gasteiger partial charge is 0.251 e. The molecule has 4 heterocycles. The van der Waals surface area contributed by atoms with E-state index in [1.165, 1.54) is 6.92 Å². The second kappa shape index (κ2) is 7.75. The molecule has 2 aliphatic rings. The average Bonchev–Trinajstić information content (AvgIpc) is 2.69. The largest absolute Gasteiger partial charge is 0.481 e. The number of pyridine rings is 2. The number of ether oxygens (including phenoxy) is 1. The van der Waals surface area contributed by atoms with Crippen LogP contribution >= 0.6 is 0 Å². The number of aromatic nitrogens is 2. The third-order valence-corrected chi connectivity index (χ3v) is 5.85. The van der Waals surface area contributed by atoms with Gasteiger partial charge >= 0.3 is 0 Å². The number of likely N-dealkylation sites (tertiary alicyclic amines) is 1. The number of hydrogen-bond acceptors (Lipinski definition) is 5. The molecule has 1 N–H and O–H groups in total. The van der Waals surface area contributed by atoms with Crippen LogP contribution in [0.4, 0.5) is 0 Å². The van der Waals surface area contributed by atoms with Crippen LogP contribution in [0.2, 0.25) is 0 Å². The number of methoxy groups -OCH3 is 1. The van der Waals surface area contributed by atoms with Crippen LogP contribution in [0, 0.1) is 5.92 Å². The van der Waals surface area contributed by atoms with Crippen molar-refractivity contribution >= 4 is 5.91 Å². The molecule has 148 valence electrons. The molecule has 7 nitrogen and oxygen atoms in total. The summed E-state index contributed by atoms with van der Waals surface area (Å²) in [6.07, 6.45) is 2.90. The van der Waals surface area contributed by atoms with Crippen molar-refractivity contribution in [2.45, 2.75) is 31.8 Å². The van der Waals surface area contributed by atoms with Crippen molar-refractivity contribution in [2.24, 2.45) is 5.92 Å². The van der Waals surface area contributed by atoms with Crippen molar-refractivity contribution in [2.75, 3.05) is 26.7 Å². The van der Waals surface area contributed by atoms with Crippen LogP contribution in [0.1, 0.15) is 36.6 Å². The van der Waals surface area contributed by atoms with Crippen LogP contribution in [-0.2, 0) is 11.3 Å². The normalized spacial score (nSPS) is 23.7. The van der Waals surface area contributed by atoms with E-state index >= 15 is 0 Å². The number of hydrogen-bond donors (Lipinski definition) is 1. The molecule has 1 saturated heterocycles. The highest BCUT2D eigenvalue weighted by molar-refractivity contribution is 5.72. The maximum Gasteiger partial charge on any atom is 0.251 e. The highest BCUT2D eigenvalue weighted by Gasteiger charge is 2.40. The number of fused-ring (bicyclic) bond motifs is 4. The Hall–Kier alpha value is -2.67. The Bertz CT molecular complexity index is 909. The highest BCUT2D eigenvalue weighted by atomic mass is 16.5. The molecule has 28 heavy (non-hydrogen) atoms. The lowest BCUT2D eigenvalue weighted by atomic mass is 9.78. The van der Waals surface area contributed by atoms with Gasteiger partial charge in [0.25, 0.3) is 5.56 Å². The molecule has 0 radical (unpaired) electrons. The number of piperidine rings is 1. The average molecular weight is 382 g/mol. The second-order valence-corrected chi connectivity index (χ2v) is 7.76. The first-order valence-electron chi connectivity index (χ1n) is 9.72. The Morgan fingerprint density at radius 3 is 2.86 bits per heavy atom. The Balaban J connectivity index is 1.59. The maximum atomic E-state index is 12.6. The number of nitrogens with zero attached hydrogens (tertiary/aromatic N) is 3. The maximum absolute atomic E-state index is 12.6. The summed E-state index contributed by atoms with van der Waals surface area (Å²) in [5.74, 6) is 1.20. The van der Waals surface area contributed by atoms with Crippen LogP contribution in [0.25, 0.3) is 0 Å². The van der Waals surface area contributed by atoms with E-state index in [4.69, 9.17) is 4.74 Å². The third kappa shape index (κ3) is 3.67. The molecular formula is C21H26N4O3. The minimum absolute atomic E-state index is 0.0133. The second-order valence-electron chi connectivity index (χ2n) is 7.76. The van der Waals surface area contributed by atoms with Gasteiger partial charge in [0.15, 0.2) is 0 Å². The van der Waals surface area contributed by atoms with E-state index in [1.54, 1.807) is 13.2 Å². The van der Waals surface area contributed by atoms with E-state index in [9.17, 15) is 9.59 Å². The zero-order chi connectivity index (χ0) is 19.7. The predicted octanol–water partition coefficient (Wildman–Crippen LogP) is 1.55. The topological polar surface area (TPSA) is 76.5 Å². The predicted molar refractivity (Wildman–Crippen MR) is 105 cm³/mol. The zero-order valence-electron chi connectivity index (χ0n) is 16.3. The molecule has 7 heteroatoms. The molecule has 2 aromatic heterocycles. The van der Waals surface area contributed by atoms with Gasteiger partial charge in [-0.3, -0.25) is 14.5 Å². The molecule has 0 saturated carbocycles. The minimum Gasteiger partial charge on any atom is -0.481 e. The summed E-state index contributed by atoms with van der Waals surface area (Å²) in [4.78, 5) is 30.8. The lowest BCUT2D eigenvalue weighted by Crippen LogP contribution is -2.51. The lowest BCUT2D eigenvalue weighted by Gasteiger charge is -2.47. The first-order chi connectivity index (χ1) is 13.5. The van der Waals surface area contributed by atoms with Crippen LogP contribution in [-0.4, -0.2) is 47.1 Å². The summed E-state index contributed by atoms with van der Waals surface area (Å²) in [6, 6.07) is 9.43. The monoisotopic (exact) mass is 382 g/mol. The molecule has 0 aliphatic carbocycles. The number of carbonyl (C=O) groups is 1. The molecule has 2 bridgehead atoms. The van der Waals surface area contributed by atoms with Crippen molar-refractivity contribution in [3.05, 3.63) is 58.1 Å². The van der Waals surface area contributed by atoms with Gasteiger partial charge in [0.2, 0.25) is 11.8 Å². The standard InChI is InChI=1S/C21H26N4O3/c1-14(26)22-10-19-17-8-16(18-4-3-5-21(27)25(18)19)12-24(13-17)11-15-6-7-20(28-2)23-9-15/h3-7,9,16-17,19H,8,10-13H2,1-2H3,(H,22,26)/t16-,17+,19+/m1/s1. The van der Waals surface area contributed by atoms with Gasteiger partial charge in [-0.1, -0.05) is 12.1 Å². The summed E-state index contributed by atoms with van der Waals surface area (Å²) in [5, 5.41) is 2.92. The van der Waals surface area contributed by atoms with E-state index in [2.05, 4.69) is 21.3 Å². The van der Waals surface area contributed by atoms with E-state index < -0.39 is 0 Å². The Labute approximate surface area is 164 Å². The number of amides is 1.